The fourth-order valence-corrected chi connectivity index (χ4v) is 2.20. The van der Waals surface area contributed by atoms with Gasteiger partial charge >= 0.3 is 0 Å². The molecular formula is C15H15NO3. The molecule has 1 aromatic heterocycles. The fourth-order valence-electron chi connectivity index (χ4n) is 2.20. The van der Waals surface area contributed by atoms with Gasteiger partial charge in [0.15, 0.2) is 5.78 Å². The van der Waals surface area contributed by atoms with Crippen LogP contribution in [-0.2, 0) is 16.0 Å². The van der Waals surface area contributed by atoms with Gasteiger partial charge in [0.25, 0.3) is 0 Å². The third kappa shape index (κ3) is 2.76. The molecule has 1 aliphatic rings. The molecule has 98 valence electrons. The minimum Gasteiger partial charge on any atom is -0.499 e. The highest BCUT2D eigenvalue weighted by Crippen LogP contribution is 2.37. The van der Waals surface area contributed by atoms with Crippen molar-refractivity contribution in [1.29, 1.82) is 5.26 Å². The van der Waals surface area contributed by atoms with Gasteiger partial charge in [-0.3, -0.25) is 4.79 Å². The number of nitrogens with zero attached hydrogens (tertiary/aromatic N) is 1. The van der Waals surface area contributed by atoms with Crippen molar-refractivity contribution < 1.29 is 13.9 Å². The summed E-state index contributed by atoms with van der Waals surface area (Å²) in [5.74, 6) is 1.17. The SMILES string of the molecule is COC1=CC(=O)C=CC1(C#N)CCCc1ccco1. The highest BCUT2D eigenvalue weighted by Gasteiger charge is 2.35. The van der Waals surface area contributed by atoms with E-state index in [0.29, 0.717) is 12.2 Å². The Morgan fingerprint density at radius 2 is 2.37 bits per heavy atom. The monoisotopic (exact) mass is 257 g/mol. The molecule has 0 aliphatic heterocycles. The summed E-state index contributed by atoms with van der Waals surface area (Å²) in [6, 6.07) is 6.01. The van der Waals surface area contributed by atoms with Crippen LogP contribution in [0, 0.1) is 16.7 Å². The van der Waals surface area contributed by atoms with Crippen LogP contribution in [-0.4, -0.2) is 12.9 Å². The molecule has 0 N–H and O–H groups in total. The van der Waals surface area contributed by atoms with Gasteiger partial charge in [0.1, 0.15) is 16.9 Å². The molecule has 1 heterocycles. The van der Waals surface area contributed by atoms with Crippen LogP contribution in [0.15, 0.2) is 46.8 Å². The van der Waals surface area contributed by atoms with Gasteiger partial charge < -0.3 is 9.15 Å². The smallest absolute Gasteiger partial charge is 0.181 e. The van der Waals surface area contributed by atoms with E-state index in [1.807, 2.05) is 12.1 Å². The predicted octanol–water partition coefficient (Wildman–Crippen LogP) is 2.78. The van der Waals surface area contributed by atoms with Crippen LogP contribution in [0.5, 0.6) is 0 Å². The molecule has 1 aliphatic carbocycles. The largest absolute Gasteiger partial charge is 0.499 e. The lowest BCUT2D eigenvalue weighted by molar-refractivity contribution is -0.110. The maximum absolute atomic E-state index is 11.3. The first-order valence-electron chi connectivity index (χ1n) is 6.13. The molecule has 1 atom stereocenters. The van der Waals surface area contributed by atoms with Gasteiger partial charge in [-0.2, -0.15) is 5.26 Å². The second kappa shape index (κ2) is 5.57. The summed E-state index contributed by atoms with van der Waals surface area (Å²) in [5, 5.41) is 9.43. The van der Waals surface area contributed by atoms with Crippen LogP contribution in [0.1, 0.15) is 18.6 Å². The Balaban J connectivity index is 2.06. The van der Waals surface area contributed by atoms with E-state index >= 15 is 0 Å². The second-order valence-corrected chi connectivity index (χ2v) is 4.46. The number of rotatable bonds is 5. The molecule has 1 unspecified atom stereocenters. The summed E-state index contributed by atoms with van der Waals surface area (Å²) in [4.78, 5) is 11.3. The molecular weight excluding hydrogens is 242 g/mol. The van der Waals surface area contributed by atoms with Gasteiger partial charge in [-0.15, -0.1) is 0 Å². The lowest BCUT2D eigenvalue weighted by atomic mass is 9.78. The summed E-state index contributed by atoms with van der Waals surface area (Å²) < 4.78 is 10.5. The zero-order chi connectivity index (χ0) is 13.7. The summed E-state index contributed by atoms with van der Waals surface area (Å²) in [7, 11) is 1.48. The highest BCUT2D eigenvalue weighted by molar-refractivity contribution is 6.01. The molecule has 4 nitrogen and oxygen atoms in total. The quantitative estimate of drug-likeness (QED) is 0.813. The van der Waals surface area contributed by atoms with Gasteiger partial charge in [-0.1, -0.05) is 6.08 Å². The fraction of sp³-hybridized carbons (Fsp3) is 0.333. The van der Waals surface area contributed by atoms with Crippen LogP contribution in [0.25, 0.3) is 0 Å². The van der Waals surface area contributed by atoms with Crippen molar-refractivity contribution in [1.82, 2.24) is 0 Å². The Labute approximate surface area is 112 Å². The van der Waals surface area contributed by atoms with Gasteiger partial charge in [-0.05, 0) is 31.1 Å². The molecule has 0 fully saturated rings. The van der Waals surface area contributed by atoms with Gasteiger partial charge in [-0.25, -0.2) is 0 Å². The van der Waals surface area contributed by atoms with E-state index in [-0.39, 0.29) is 5.78 Å². The summed E-state index contributed by atoms with van der Waals surface area (Å²) in [5.41, 5.74) is -0.838. The number of ketones is 1. The number of hydrogen-bond donors (Lipinski definition) is 0. The number of carbonyl (C=O) groups is 1. The molecule has 0 saturated heterocycles. The van der Waals surface area contributed by atoms with E-state index in [1.165, 1.54) is 19.3 Å². The average molecular weight is 257 g/mol. The van der Waals surface area contributed by atoms with Crippen LogP contribution < -0.4 is 0 Å². The number of nitriles is 1. The van der Waals surface area contributed by atoms with Crippen LogP contribution in [0.4, 0.5) is 0 Å². The normalized spacial score (nSPS) is 21.9. The third-order valence-electron chi connectivity index (χ3n) is 3.24. The number of allylic oxidation sites excluding steroid dienone is 3. The topological polar surface area (TPSA) is 63.2 Å². The molecule has 0 aromatic carbocycles. The Bertz CT molecular complexity index is 548. The first-order valence-corrected chi connectivity index (χ1v) is 6.13. The number of hydrogen-bond acceptors (Lipinski definition) is 4. The van der Waals surface area contributed by atoms with E-state index in [1.54, 1.807) is 12.3 Å². The van der Waals surface area contributed by atoms with Crippen molar-refractivity contribution in [3.63, 3.8) is 0 Å². The minimum absolute atomic E-state index is 0.145. The summed E-state index contributed by atoms with van der Waals surface area (Å²) in [6.07, 6.45) is 8.21. The van der Waals surface area contributed by atoms with E-state index in [9.17, 15) is 10.1 Å². The molecule has 2 rings (SSSR count). The standard InChI is InChI=1S/C15H15NO3/c1-18-14-10-12(17)6-8-15(14,11-16)7-2-4-13-5-3-9-19-13/h3,5-6,8-10H,2,4,7H2,1H3. The van der Waals surface area contributed by atoms with Crippen molar-refractivity contribution in [3.05, 3.63) is 48.1 Å². The summed E-state index contributed by atoms with van der Waals surface area (Å²) in [6.45, 7) is 0. The first-order chi connectivity index (χ1) is 9.20. The van der Waals surface area contributed by atoms with Crippen LogP contribution in [0.3, 0.4) is 0 Å². The first kappa shape index (κ1) is 13.2. The Morgan fingerprint density at radius 3 is 3.00 bits per heavy atom. The molecule has 1 aromatic rings. The predicted molar refractivity (Wildman–Crippen MR) is 68.9 cm³/mol. The van der Waals surface area contributed by atoms with Crippen molar-refractivity contribution in [3.8, 4) is 6.07 Å². The summed E-state index contributed by atoms with van der Waals surface area (Å²) >= 11 is 0. The highest BCUT2D eigenvalue weighted by atomic mass is 16.5. The molecule has 0 bridgehead atoms. The number of carbonyl (C=O) groups excluding carboxylic acids is 1. The van der Waals surface area contributed by atoms with Gasteiger partial charge in [0.05, 0.1) is 19.4 Å². The van der Waals surface area contributed by atoms with Crippen LogP contribution in [0.2, 0.25) is 0 Å². The van der Waals surface area contributed by atoms with Gasteiger partial charge in [0, 0.05) is 12.5 Å². The number of aryl methyl sites for hydroxylation is 1. The lowest BCUT2D eigenvalue weighted by Gasteiger charge is -2.26. The number of furan rings is 1. The minimum atomic E-state index is -0.838. The molecule has 4 heteroatoms. The average Bonchev–Trinajstić information content (AvgIpc) is 2.93. The zero-order valence-corrected chi connectivity index (χ0v) is 10.8. The van der Waals surface area contributed by atoms with Crippen LogP contribution >= 0.6 is 0 Å². The Kier molecular flexibility index (Phi) is 3.86. The molecule has 0 amide bonds. The van der Waals surface area contributed by atoms with Crippen molar-refractivity contribution >= 4 is 5.78 Å². The van der Waals surface area contributed by atoms with Crippen molar-refractivity contribution in [2.75, 3.05) is 7.11 Å². The van der Waals surface area contributed by atoms with E-state index in [0.717, 1.165) is 18.6 Å². The molecule has 19 heavy (non-hydrogen) atoms. The van der Waals surface area contributed by atoms with E-state index in [4.69, 9.17) is 9.15 Å². The zero-order valence-electron chi connectivity index (χ0n) is 10.8. The Hall–Kier alpha value is -2.28. The maximum atomic E-state index is 11.3. The lowest BCUT2D eigenvalue weighted by Crippen LogP contribution is -2.24. The van der Waals surface area contributed by atoms with E-state index in [2.05, 4.69) is 6.07 Å². The second-order valence-electron chi connectivity index (χ2n) is 4.46. The number of ether oxygens (including phenoxy) is 1. The van der Waals surface area contributed by atoms with Crippen molar-refractivity contribution in [2.45, 2.75) is 19.3 Å². The van der Waals surface area contributed by atoms with Gasteiger partial charge in [0.2, 0.25) is 0 Å². The molecule has 0 spiro atoms. The molecule has 0 saturated carbocycles. The molecule has 0 radical (unpaired) electrons. The maximum Gasteiger partial charge on any atom is 0.181 e. The third-order valence-corrected chi connectivity index (χ3v) is 3.24. The Morgan fingerprint density at radius 1 is 1.53 bits per heavy atom. The number of methoxy groups -OCH3 is 1. The van der Waals surface area contributed by atoms with Crippen molar-refractivity contribution in [2.24, 2.45) is 5.41 Å². The van der Waals surface area contributed by atoms with E-state index < -0.39 is 5.41 Å².